The second-order valence-corrected chi connectivity index (χ2v) is 7.80. The Morgan fingerprint density at radius 2 is 1.90 bits per heavy atom. The minimum absolute atomic E-state index is 0.0475. The lowest BCUT2D eigenvalue weighted by Gasteiger charge is -2.45. The van der Waals surface area contributed by atoms with E-state index < -0.39 is 0 Å². The molecular formula is C18H23NO2. The standard InChI is InChI=1S/C18H23NO2/c1-16(2)13-8-6-5-7-12(13)11-19-15(20)21-17(3)10-9-14(16)18(17,19)4/h5-8,14H,9-11H2,1-4H3/t14-,17+,18-/m1/s1. The summed E-state index contributed by atoms with van der Waals surface area (Å²) < 4.78 is 5.84. The molecule has 112 valence electrons. The van der Waals surface area contributed by atoms with E-state index in [4.69, 9.17) is 4.74 Å². The van der Waals surface area contributed by atoms with Crippen molar-refractivity contribution in [1.29, 1.82) is 0 Å². The molecule has 1 saturated heterocycles. The maximum atomic E-state index is 12.5. The third-order valence-electron chi connectivity index (χ3n) is 6.66. The van der Waals surface area contributed by atoms with Crippen LogP contribution in [0.5, 0.6) is 0 Å². The first-order valence-electron chi connectivity index (χ1n) is 7.90. The van der Waals surface area contributed by atoms with E-state index in [2.05, 4.69) is 52.0 Å². The molecule has 4 rings (SSSR count). The molecule has 2 aliphatic heterocycles. The Labute approximate surface area is 126 Å². The maximum absolute atomic E-state index is 12.5. The summed E-state index contributed by atoms with van der Waals surface area (Å²) in [6.45, 7) is 9.70. The first-order valence-corrected chi connectivity index (χ1v) is 7.90. The average molecular weight is 285 g/mol. The van der Waals surface area contributed by atoms with E-state index in [1.54, 1.807) is 0 Å². The van der Waals surface area contributed by atoms with Crippen LogP contribution in [-0.4, -0.2) is 22.1 Å². The molecule has 0 aromatic heterocycles. The number of carbonyl (C=O) groups is 1. The summed E-state index contributed by atoms with van der Waals surface area (Å²) in [6.07, 6.45) is 1.93. The Balaban J connectivity index is 1.98. The van der Waals surface area contributed by atoms with Gasteiger partial charge in [0.2, 0.25) is 0 Å². The monoisotopic (exact) mass is 285 g/mol. The van der Waals surface area contributed by atoms with Crippen molar-refractivity contribution in [1.82, 2.24) is 4.90 Å². The van der Waals surface area contributed by atoms with E-state index >= 15 is 0 Å². The summed E-state index contributed by atoms with van der Waals surface area (Å²) in [5.41, 5.74) is 2.13. The Kier molecular flexibility index (Phi) is 2.28. The molecule has 1 amide bonds. The number of fused-ring (bicyclic) bond motifs is 1. The van der Waals surface area contributed by atoms with Crippen LogP contribution < -0.4 is 0 Å². The third kappa shape index (κ3) is 1.33. The quantitative estimate of drug-likeness (QED) is 0.724. The zero-order chi connectivity index (χ0) is 15.0. The lowest BCUT2D eigenvalue weighted by atomic mass is 9.64. The predicted molar refractivity (Wildman–Crippen MR) is 81.0 cm³/mol. The molecule has 3 nitrogen and oxygen atoms in total. The highest BCUT2D eigenvalue weighted by atomic mass is 16.6. The Morgan fingerprint density at radius 3 is 2.67 bits per heavy atom. The van der Waals surface area contributed by atoms with Crippen LogP contribution in [0.3, 0.4) is 0 Å². The van der Waals surface area contributed by atoms with E-state index in [1.807, 2.05) is 4.90 Å². The van der Waals surface area contributed by atoms with Crippen LogP contribution in [-0.2, 0) is 16.7 Å². The van der Waals surface area contributed by atoms with Crippen LogP contribution in [0.1, 0.15) is 51.7 Å². The van der Waals surface area contributed by atoms with Gasteiger partial charge in [0.05, 0.1) is 12.1 Å². The van der Waals surface area contributed by atoms with Gasteiger partial charge in [-0.25, -0.2) is 4.79 Å². The number of rotatable bonds is 0. The topological polar surface area (TPSA) is 29.5 Å². The van der Waals surface area contributed by atoms with E-state index in [0.29, 0.717) is 12.5 Å². The number of hydrogen-bond donors (Lipinski definition) is 0. The maximum Gasteiger partial charge on any atom is 0.411 e. The molecule has 1 aromatic rings. The molecule has 3 aliphatic rings. The van der Waals surface area contributed by atoms with Crippen molar-refractivity contribution < 1.29 is 9.53 Å². The van der Waals surface area contributed by atoms with Gasteiger partial charge in [-0.3, -0.25) is 4.90 Å². The normalized spacial score (nSPS) is 39.5. The molecule has 1 aromatic carbocycles. The Hall–Kier alpha value is -1.51. The molecular weight excluding hydrogens is 262 g/mol. The van der Waals surface area contributed by atoms with Gasteiger partial charge in [-0.1, -0.05) is 38.1 Å². The summed E-state index contributed by atoms with van der Waals surface area (Å²) in [5.74, 6) is 0.421. The molecule has 2 heterocycles. The molecule has 1 saturated carbocycles. The minimum Gasteiger partial charge on any atom is -0.441 e. The van der Waals surface area contributed by atoms with E-state index in [9.17, 15) is 4.79 Å². The largest absolute Gasteiger partial charge is 0.441 e. The van der Waals surface area contributed by atoms with Gasteiger partial charge >= 0.3 is 6.09 Å². The zero-order valence-electron chi connectivity index (χ0n) is 13.3. The van der Waals surface area contributed by atoms with Gasteiger partial charge < -0.3 is 4.74 Å². The minimum atomic E-state index is -0.353. The van der Waals surface area contributed by atoms with E-state index in [-0.39, 0.29) is 22.6 Å². The van der Waals surface area contributed by atoms with Crippen LogP contribution in [0.2, 0.25) is 0 Å². The molecule has 3 atom stereocenters. The van der Waals surface area contributed by atoms with E-state index in [0.717, 1.165) is 12.8 Å². The second kappa shape index (κ2) is 3.63. The van der Waals surface area contributed by atoms with Gasteiger partial charge in [-0.05, 0) is 49.1 Å². The first-order chi connectivity index (χ1) is 9.81. The highest BCUT2D eigenvalue weighted by Gasteiger charge is 2.70. The van der Waals surface area contributed by atoms with Gasteiger partial charge in [-0.2, -0.15) is 0 Å². The van der Waals surface area contributed by atoms with Gasteiger partial charge in [0, 0.05) is 0 Å². The fourth-order valence-corrected chi connectivity index (χ4v) is 5.32. The molecule has 0 radical (unpaired) electrons. The molecule has 0 N–H and O–H groups in total. The van der Waals surface area contributed by atoms with Crippen molar-refractivity contribution in [3.8, 4) is 0 Å². The zero-order valence-corrected chi connectivity index (χ0v) is 13.3. The van der Waals surface area contributed by atoms with Crippen LogP contribution >= 0.6 is 0 Å². The van der Waals surface area contributed by atoms with Crippen molar-refractivity contribution in [2.45, 2.75) is 63.6 Å². The number of ether oxygens (including phenoxy) is 1. The molecule has 2 fully saturated rings. The fourth-order valence-electron chi connectivity index (χ4n) is 5.32. The average Bonchev–Trinajstić information content (AvgIpc) is 2.74. The fraction of sp³-hybridized carbons (Fsp3) is 0.611. The molecule has 1 aliphatic carbocycles. The summed E-state index contributed by atoms with van der Waals surface area (Å²) in [5, 5.41) is 0. The van der Waals surface area contributed by atoms with Crippen molar-refractivity contribution in [2.75, 3.05) is 0 Å². The van der Waals surface area contributed by atoms with Crippen LogP contribution in [0.25, 0.3) is 0 Å². The highest BCUT2D eigenvalue weighted by Crippen LogP contribution is 2.61. The second-order valence-electron chi connectivity index (χ2n) is 7.80. The lowest BCUT2D eigenvalue weighted by molar-refractivity contribution is 0.00545. The number of nitrogens with zero attached hydrogens (tertiary/aromatic N) is 1. The highest BCUT2D eigenvalue weighted by molar-refractivity contribution is 5.74. The summed E-state index contributed by atoms with van der Waals surface area (Å²) in [6, 6.07) is 8.58. The van der Waals surface area contributed by atoms with Crippen molar-refractivity contribution >= 4 is 6.09 Å². The van der Waals surface area contributed by atoms with Gasteiger partial charge in [0.1, 0.15) is 5.60 Å². The summed E-state index contributed by atoms with van der Waals surface area (Å²) in [4.78, 5) is 14.5. The van der Waals surface area contributed by atoms with E-state index in [1.165, 1.54) is 11.1 Å². The van der Waals surface area contributed by atoms with Crippen LogP contribution in [0.15, 0.2) is 24.3 Å². The van der Waals surface area contributed by atoms with Gasteiger partial charge in [0.25, 0.3) is 0 Å². The lowest BCUT2D eigenvalue weighted by Crippen LogP contribution is -2.57. The number of carbonyl (C=O) groups excluding carboxylic acids is 1. The third-order valence-corrected chi connectivity index (χ3v) is 6.66. The Bertz CT molecular complexity index is 638. The van der Waals surface area contributed by atoms with Crippen LogP contribution in [0, 0.1) is 5.92 Å². The van der Waals surface area contributed by atoms with Crippen molar-refractivity contribution in [3.05, 3.63) is 35.4 Å². The molecule has 0 spiro atoms. The molecule has 3 heteroatoms. The smallest absolute Gasteiger partial charge is 0.411 e. The Morgan fingerprint density at radius 1 is 1.19 bits per heavy atom. The first kappa shape index (κ1) is 13.2. The number of benzene rings is 1. The summed E-state index contributed by atoms with van der Waals surface area (Å²) >= 11 is 0. The summed E-state index contributed by atoms with van der Waals surface area (Å²) in [7, 11) is 0. The molecule has 21 heavy (non-hydrogen) atoms. The van der Waals surface area contributed by atoms with Gasteiger partial charge in [-0.15, -0.1) is 0 Å². The number of hydrogen-bond acceptors (Lipinski definition) is 2. The molecule has 0 unspecified atom stereocenters. The molecule has 0 bridgehead atoms. The van der Waals surface area contributed by atoms with Crippen molar-refractivity contribution in [2.24, 2.45) is 5.92 Å². The number of amides is 1. The van der Waals surface area contributed by atoms with Crippen molar-refractivity contribution in [3.63, 3.8) is 0 Å². The van der Waals surface area contributed by atoms with Gasteiger partial charge in [0.15, 0.2) is 0 Å². The predicted octanol–water partition coefficient (Wildman–Crippen LogP) is 3.86. The van der Waals surface area contributed by atoms with Crippen LogP contribution in [0.4, 0.5) is 4.79 Å². The SMILES string of the molecule is CC1(C)c2ccccc2CN2C(=O)O[C@@]3(C)CC[C@H]1[C@@]23C.